The van der Waals surface area contributed by atoms with Crippen molar-refractivity contribution in [3.8, 4) is 5.75 Å². The van der Waals surface area contributed by atoms with Gasteiger partial charge in [0.2, 0.25) is 0 Å². The average Bonchev–Trinajstić information content (AvgIpc) is 2.73. The van der Waals surface area contributed by atoms with Gasteiger partial charge in [0, 0.05) is 46.3 Å². The monoisotopic (exact) mass is 396 g/mol. The fourth-order valence-corrected chi connectivity index (χ4v) is 2.96. The Morgan fingerprint density at radius 1 is 1.07 bits per heavy atom. The summed E-state index contributed by atoms with van der Waals surface area (Å²) in [7, 11) is 7.23. The minimum Gasteiger partial charge on any atom is -0.497 e. The summed E-state index contributed by atoms with van der Waals surface area (Å²) in [6.07, 6.45) is 0.778. The van der Waals surface area contributed by atoms with Gasteiger partial charge in [-0.2, -0.15) is 0 Å². The maximum absolute atomic E-state index is 12.1. The van der Waals surface area contributed by atoms with Gasteiger partial charge in [0.05, 0.1) is 7.11 Å². The lowest BCUT2D eigenvalue weighted by Crippen LogP contribution is -2.38. The van der Waals surface area contributed by atoms with Crippen LogP contribution in [-0.2, 0) is 13.0 Å². The summed E-state index contributed by atoms with van der Waals surface area (Å²) in [4.78, 5) is 20.6. The molecule has 6 heteroatoms. The van der Waals surface area contributed by atoms with Crippen LogP contribution in [0.5, 0.6) is 5.75 Å². The summed E-state index contributed by atoms with van der Waals surface area (Å²) < 4.78 is 5.22. The zero-order chi connectivity index (χ0) is 21.2. The third-order valence-electron chi connectivity index (χ3n) is 4.52. The highest BCUT2D eigenvalue weighted by Gasteiger charge is 2.09. The first-order valence-electron chi connectivity index (χ1n) is 9.87. The molecule has 156 valence electrons. The van der Waals surface area contributed by atoms with Gasteiger partial charge >= 0.3 is 0 Å². The largest absolute Gasteiger partial charge is 0.497 e. The molecule has 0 aliphatic carbocycles. The van der Waals surface area contributed by atoms with Gasteiger partial charge in [0.15, 0.2) is 5.96 Å². The van der Waals surface area contributed by atoms with Gasteiger partial charge in [0.1, 0.15) is 5.75 Å². The lowest BCUT2D eigenvalue weighted by molar-refractivity contribution is 0.0827. The summed E-state index contributed by atoms with van der Waals surface area (Å²) in [5.74, 6) is 1.73. The number of guanidine groups is 1. The van der Waals surface area contributed by atoms with Crippen molar-refractivity contribution in [1.82, 2.24) is 15.1 Å². The molecule has 1 amide bonds. The molecule has 0 atom stereocenters. The van der Waals surface area contributed by atoms with Crippen LogP contribution in [0, 0.1) is 0 Å². The van der Waals surface area contributed by atoms with Gasteiger partial charge in [-0.15, -0.1) is 0 Å². The van der Waals surface area contributed by atoms with Crippen LogP contribution < -0.4 is 10.1 Å². The van der Waals surface area contributed by atoms with Crippen molar-refractivity contribution in [2.24, 2.45) is 4.99 Å². The first-order valence-corrected chi connectivity index (χ1v) is 9.87. The highest BCUT2D eigenvalue weighted by molar-refractivity contribution is 5.94. The second-order valence-electron chi connectivity index (χ2n) is 7.09. The number of ether oxygens (including phenoxy) is 1. The van der Waals surface area contributed by atoms with Crippen molar-refractivity contribution < 1.29 is 9.53 Å². The lowest BCUT2D eigenvalue weighted by atomic mass is 10.1. The number of carbonyl (C=O) groups is 1. The Hall–Kier alpha value is -3.02. The van der Waals surface area contributed by atoms with Crippen molar-refractivity contribution in [2.75, 3.05) is 41.3 Å². The molecule has 29 heavy (non-hydrogen) atoms. The maximum atomic E-state index is 12.1. The normalized spacial score (nSPS) is 11.1. The van der Waals surface area contributed by atoms with E-state index in [-0.39, 0.29) is 5.91 Å². The topological polar surface area (TPSA) is 57.2 Å². The number of hydrogen-bond acceptors (Lipinski definition) is 3. The molecule has 0 aromatic heterocycles. The minimum atomic E-state index is 0.0166. The molecule has 2 rings (SSSR count). The molecule has 0 saturated heterocycles. The van der Waals surface area contributed by atoms with E-state index in [4.69, 9.17) is 9.73 Å². The third-order valence-corrected chi connectivity index (χ3v) is 4.52. The smallest absolute Gasteiger partial charge is 0.253 e. The van der Waals surface area contributed by atoms with E-state index in [0.717, 1.165) is 36.8 Å². The van der Waals surface area contributed by atoms with Crippen molar-refractivity contribution >= 4 is 11.9 Å². The maximum Gasteiger partial charge on any atom is 0.253 e. The number of methoxy groups -OCH3 is 1. The van der Waals surface area contributed by atoms with Crippen LogP contribution in [0.4, 0.5) is 0 Å². The van der Waals surface area contributed by atoms with Gasteiger partial charge in [0.25, 0.3) is 5.91 Å². The van der Waals surface area contributed by atoms with Crippen LogP contribution in [0.1, 0.15) is 28.4 Å². The van der Waals surface area contributed by atoms with E-state index in [1.165, 1.54) is 5.56 Å². The summed E-state index contributed by atoms with van der Waals surface area (Å²) in [6, 6.07) is 15.8. The Morgan fingerprint density at radius 3 is 2.41 bits per heavy atom. The molecule has 6 nitrogen and oxygen atoms in total. The van der Waals surface area contributed by atoms with E-state index in [1.807, 2.05) is 43.4 Å². The van der Waals surface area contributed by atoms with Crippen molar-refractivity contribution in [3.05, 3.63) is 65.2 Å². The molecule has 0 radical (unpaired) electrons. The molecule has 2 aromatic rings. The van der Waals surface area contributed by atoms with Crippen molar-refractivity contribution in [1.29, 1.82) is 0 Å². The van der Waals surface area contributed by atoms with Gasteiger partial charge < -0.3 is 19.9 Å². The van der Waals surface area contributed by atoms with Gasteiger partial charge in [-0.25, -0.2) is 0 Å². The van der Waals surface area contributed by atoms with Crippen molar-refractivity contribution in [2.45, 2.75) is 19.9 Å². The molecule has 0 unspecified atom stereocenters. The summed E-state index contributed by atoms with van der Waals surface area (Å²) >= 11 is 0. The molecule has 2 aromatic carbocycles. The van der Waals surface area contributed by atoms with E-state index < -0.39 is 0 Å². The molecule has 0 spiro atoms. The molecule has 0 aliphatic heterocycles. The highest BCUT2D eigenvalue weighted by Crippen LogP contribution is 2.13. The number of carbonyl (C=O) groups excluding carboxylic acids is 1. The number of nitrogens with one attached hydrogen (secondary N) is 1. The number of rotatable bonds is 8. The molecule has 0 saturated carbocycles. The molecule has 1 N–H and O–H groups in total. The van der Waals surface area contributed by atoms with E-state index in [0.29, 0.717) is 12.1 Å². The molecular formula is C23H32N4O2. The predicted molar refractivity (Wildman–Crippen MR) is 119 cm³/mol. The van der Waals surface area contributed by atoms with E-state index in [2.05, 4.69) is 29.3 Å². The zero-order valence-corrected chi connectivity index (χ0v) is 18.1. The van der Waals surface area contributed by atoms with E-state index in [1.54, 1.807) is 26.1 Å². The fraction of sp³-hybridized carbons (Fsp3) is 0.391. The van der Waals surface area contributed by atoms with Crippen LogP contribution in [0.3, 0.4) is 0 Å². The quantitative estimate of drug-likeness (QED) is 0.550. The van der Waals surface area contributed by atoms with Crippen molar-refractivity contribution in [3.63, 3.8) is 0 Å². The highest BCUT2D eigenvalue weighted by atomic mass is 16.5. The number of aliphatic imine (C=N–C) groups is 1. The Morgan fingerprint density at radius 2 is 1.79 bits per heavy atom. The van der Waals surface area contributed by atoms with E-state index in [9.17, 15) is 4.79 Å². The Kier molecular flexibility index (Phi) is 8.52. The number of benzene rings is 2. The van der Waals surface area contributed by atoms with Crippen LogP contribution >= 0.6 is 0 Å². The van der Waals surface area contributed by atoms with E-state index >= 15 is 0 Å². The van der Waals surface area contributed by atoms with Crippen LogP contribution in [0.15, 0.2) is 53.5 Å². The predicted octanol–water partition coefficient (Wildman–Crippen LogP) is 3.04. The Bertz CT molecular complexity index is 816. The first-order chi connectivity index (χ1) is 13.9. The minimum absolute atomic E-state index is 0.0166. The van der Waals surface area contributed by atoms with Gasteiger partial charge in [-0.3, -0.25) is 9.79 Å². The van der Waals surface area contributed by atoms with Crippen LogP contribution in [0.25, 0.3) is 0 Å². The Balaban J connectivity index is 2.00. The third kappa shape index (κ3) is 6.82. The molecular weight excluding hydrogens is 364 g/mol. The van der Waals surface area contributed by atoms with Gasteiger partial charge in [-0.1, -0.05) is 24.3 Å². The Labute approximate surface area is 174 Å². The summed E-state index contributed by atoms with van der Waals surface area (Å²) in [5.41, 5.74) is 3.00. The molecule has 0 aliphatic rings. The fourth-order valence-electron chi connectivity index (χ4n) is 2.96. The number of hydrogen-bond donors (Lipinski definition) is 1. The summed E-state index contributed by atoms with van der Waals surface area (Å²) in [6.45, 7) is 4.27. The lowest BCUT2D eigenvalue weighted by Gasteiger charge is -2.22. The van der Waals surface area contributed by atoms with Crippen LogP contribution in [-0.4, -0.2) is 63.0 Å². The average molecular weight is 397 g/mol. The molecule has 0 heterocycles. The number of nitrogens with zero attached hydrogens (tertiary/aromatic N) is 3. The first kappa shape index (κ1) is 22.3. The van der Waals surface area contributed by atoms with Crippen LogP contribution in [0.2, 0.25) is 0 Å². The summed E-state index contributed by atoms with van der Waals surface area (Å²) in [5, 5.41) is 3.35. The number of amides is 1. The standard InChI is InChI=1S/C23H32N4O2/c1-6-24-23(27(4)17-19-10-12-21(29-5)13-11-19)25-15-14-18-8-7-9-20(16-18)22(28)26(2)3/h7-13,16H,6,14-15,17H2,1-5H3,(H,24,25). The molecule has 0 bridgehead atoms. The SMILES string of the molecule is CCNC(=NCCc1cccc(C(=O)N(C)C)c1)N(C)Cc1ccc(OC)cc1. The van der Waals surface area contributed by atoms with Gasteiger partial charge in [-0.05, 0) is 48.7 Å². The molecule has 0 fully saturated rings. The second-order valence-corrected chi connectivity index (χ2v) is 7.09. The second kappa shape index (κ2) is 11.1. The zero-order valence-electron chi connectivity index (χ0n) is 18.1.